The first kappa shape index (κ1) is 14.8. The van der Waals surface area contributed by atoms with Gasteiger partial charge in [-0.3, -0.25) is 4.79 Å². The van der Waals surface area contributed by atoms with Crippen molar-refractivity contribution in [2.24, 2.45) is 0 Å². The van der Waals surface area contributed by atoms with E-state index in [-0.39, 0.29) is 16.6 Å². The van der Waals surface area contributed by atoms with Crippen molar-refractivity contribution in [2.75, 3.05) is 18.7 Å². The third-order valence-electron chi connectivity index (χ3n) is 4.17. The van der Waals surface area contributed by atoms with Crippen LogP contribution in [0.5, 0.6) is 0 Å². The van der Waals surface area contributed by atoms with Crippen molar-refractivity contribution in [2.45, 2.75) is 42.8 Å². The molecule has 3 rings (SSSR count). The Morgan fingerprint density at radius 1 is 1.43 bits per heavy atom. The molecule has 0 aromatic carbocycles. The van der Waals surface area contributed by atoms with Gasteiger partial charge < -0.3 is 10.1 Å². The van der Waals surface area contributed by atoms with Crippen LogP contribution in [0.25, 0.3) is 0 Å². The number of carbonyl (C=O) groups is 2. The SMILES string of the molecule is COC(=O)c1sc(NC(=O)C2(SC)CCC2)nc1C1CC1. The normalized spacial score (nSPS) is 19.7. The second-order valence-electron chi connectivity index (χ2n) is 5.51. The van der Waals surface area contributed by atoms with Crippen molar-refractivity contribution in [3.8, 4) is 0 Å². The Morgan fingerprint density at radius 2 is 2.14 bits per heavy atom. The van der Waals surface area contributed by atoms with Crippen LogP contribution in [0, 0.1) is 0 Å². The third-order valence-corrected chi connectivity index (χ3v) is 6.52. The smallest absolute Gasteiger partial charge is 0.350 e. The maximum Gasteiger partial charge on any atom is 0.350 e. The Kier molecular flexibility index (Phi) is 3.96. The highest BCUT2D eigenvalue weighted by Crippen LogP contribution is 2.46. The fraction of sp³-hybridized carbons (Fsp3) is 0.643. The first-order chi connectivity index (χ1) is 10.1. The van der Waals surface area contributed by atoms with E-state index < -0.39 is 0 Å². The monoisotopic (exact) mass is 326 g/mol. The molecule has 5 nitrogen and oxygen atoms in total. The number of thioether (sulfide) groups is 1. The van der Waals surface area contributed by atoms with Gasteiger partial charge in [0, 0.05) is 5.92 Å². The molecule has 1 amide bonds. The van der Waals surface area contributed by atoms with Crippen molar-refractivity contribution in [3.05, 3.63) is 10.6 Å². The summed E-state index contributed by atoms with van der Waals surface area (Å²) in [5, 5.41) is 3.41. The fourth-order valence-electron chi connectivity index (χ4n) is 2.49. The lowest BCUT2D eigenvalue weighted by atomic mass is 9.83. The van der Waals surface area contributed by atoms with E-state index in [1.165, 1.54) is 18.4 Å². The van der Waals surface area contributed by atoms with Crippen LogP contribution in [-0.2, 0) is 9.53 Å². The second-order valence-corrected chi connectivity index (χ2v) is 7.69. The zero-order valence-corrected chi connectivity index (χ0v) is 13.7. The number of thiazole rings is 1. The molecule has 1 heterocycles. The molecule has 114 valence electrons. The van der Waals surface area contributed by atoms with Crippen molar-refractivity contribution in [1.82, 2.24) is 4.98 Å². The highest BCUT2D eigenvalue weighted by atomic mass is 32.2. The van der Waals surface area contributed by atoms with Crippen LogP contribution in [0.2, 0.25) is 0 Å². The van der Waals surface area contributed by atoms with E-state index in [1.807, 2.05) is 6.26 Å². The highest BCUT2D eigenvalue weighted by molar-refractivity contribution is 8.00. The van der Waals surface area contributed by atoms with Crippen molar-refractivity contribution in [3.63, 3.8) is 0 Å². The van der Waals surface area contributed by atoms with E-state index in [9.17, 15) is 9.59 Å². The molecular formula is C14H18N2O3S2. The van der Waals surface area contributed by atoms with Crippen LogP contribution in [-0.4, -0.2) is 35.0 Å². The molecule has 0 saturated heterocycles. The van der Waals surface area contributed by atoms with Crippen molar-refractivity contribution in [1.29, 1.82) is 0 Å². The number of esters is 1. The van der Waals surface area contributed by atoms with E-state index in [0.717, 1.165) is 37.8 Å². The minimum absolute atomic E-state index is 0.00811. The molecule has 2 aliphatic carbocycles. The average molecular weight is 326 g/mol. The van der Waals surface area contributed by atoms with E-state index >= 15 is 0 Å². The molecule has 1 aromatic rings. The molecule has 1 N–H and O–H groups in total. The zero-order chi connectivity index (χ0) is 15.0. The van der Waals surface area contributed by atoms with Gasteiger partial charge in [-0.1, -0.05) is 11.3 Å². The Bertz CT molecular complexity index is 571. The van der Waals surface area contributed by atoms with Gasteiger partial charge >= 0.3 is 5.97 Å². The zero-order valence-electron chi connectivity index (χ0n) is 12.1. The second kappa shape index (κ2) is 5.61. The van der Waals surface area contributed by atoms with Gasteiger partial charge in [-0.15, -0.1) is 11.8 Å². The number of methoxy groups -OCH3 is 1. The fourth-order valence-corrected chi connectivity index (χ4v) is 4.39. The standard InChI is InChI=1S/C14H18N2O3S2/c1-19-11(17)10-9(8-4-5-8)15-13(21-10)16-12(18)14(20-2)6-3-7-14/h8H,3-7H2,1-2H3,(H,15,16,18). The molecule has 0 radical (unpaired) electrons. The van der Waals surface area contributed by atoms with Gasteiger partial charge in [-0.05, 0) is 38.4 Å². The summed E-state index contributed by atoms with van der Waals surface area (Å²) < 4.78 is 4.50. The Balaban J connectivity index is 1.79. The van der Waals surface area contributed by atoms with Gasteiger partial charge in [0.2, 0.25) is 5.91 Å². The average Bonchev–Trinajstić information content (AvgIpc) is 3.19. The van der Waals surface area contributed by atoms with Gasteiger partial charge in [0.1, 0.15) is 4.88 Å². The summed E-state index contributed by atoms with van der Waals surface area (Å²) in [4.78, 5) is 29.2. The number of ether oxygens (including phenoxy) is 1. The van der Waals surface area contributed by atoms with Crippen molar-refractivity contribution < 1.29 is 14.3 Å². The number of rotatable bonds is 5. The van der Waals surface area contributed by atoms with E-state index in [0.29, 0.717) is 15.9 Å². The summed E-state index contributed by atoms with van der Waals surface area (Å²) in [5.41, 5.74) is 0.786. The molecule has 1 aromatic heterocycles. The predicted molar refractivity (Wildman–Crippen MR) is 84.2 cm³/mol. The number of hydrogen-bond donors (Lipinski definition) is 1. The summed E-state index contributed by atoms with van der Waals surface area (Å²) in [6.45, 7) is 0. The number of nitrogens with one attached hydrogen (secondary N) is 1. The molecule has 0 aliphatic heterocycles. The summed E-state index contributed by atoms with van der Waals surface area (Å²) >= 11 is 2.82. The summed E-state index contributed by atoms with van der Waals surface area (Å²) in [7, 11) is 1.37. The van der Waals surface area contributed by atoms with E-state index in [4.69, 9.17) is 4.74 Å². The maximum absolute atomic E-state index is 12.4. The molecule has 0 unspecified atom stereocenters. The Labute approximate surface area is 131 Å². The molecule has 21 heavy (non-hydrogen) atoms. The van der Waals surface area contributed by atoms with Gasteiger partial charge in [0.05, 0.1) is 17.6 Å². The van der Waals surface area contributed by atoms with Crippen molar-refractivity contribution >= 4 is 40.1 Å². The number of nitrogens with zero attached hydrogens (tertiary/aromatic N) is 1. The number of hydrogen-bond acceptors (Lipinski definition) is 6. The lowest BCUT2D eigenvalue weighted by molar-refractivity contribution is -0.120. The molecule has 2 fully saturated rings. The molecule has 0 spiro atoms. The molecule has 0 bridgehead atoms. The minimum atomic E-state index is -0.363. The first-order valence-electron chi connectivity index (χ1n) is 7.05. The summed E-state index contributed by atoms with van der Waals surface area (Å²) in [6, 6.07) is 0. The van der Waals surface area contributed by atoms with Crippen LogP contribution >= 0.6 is 23.1 Å². The van der Waals surface area contributed by atoms with Crippen LogP contribution in [0.3, 0.4) is 0 Å². The molecule has 2 saturated carbocycles. The lowest BCUT2D eigenvalue weighted by Crippen LogP contribution is -2.45. The van der Waals surface area contributed by atoms with Gasteiger partial charge in [-0.25, -0.2) is 9.78 Å². The molecule has 7 heteroatoms. The molecular weight excluding hydrogens is 308 g/mol. The highest BCUT2D eigenvalue weighted by Gasteiger charge is 2.44. The van der Waals surface area contributed by atoms with E-state index in [1.54, 1.807) is 11.8 Å². The quantitative estimate of drug-likeness (QED) is 0.842. The van der Waals surface area contributed by atoms with Crippen LogP contribution in [0.15, 0.2) is 0 Å². The van der Waals surface area contributed by atoms with Crippen LogP contribution in [0.4, 0.5) is 5.13 Å². The van der Waals surface area contributed by atoms with Crippen LogP contribution < -0.4 is 5.32 Å². The Morgan fingerprint density at radius 3 is 2.62 bits per heavy atom. The number of anilines is 1. The molecule has 0 atom stereocenters. The van der Waals surface area contributed by atoms with Gasteiger partial charge in [-0.2, -0.15) is 0 Å². The minimum Gasteiger partial charge on any atom is -0.465 e. The lowest BCUT2D eigenvalue weighted by Gasteiger charge is -2.38. The van der Waals surface area contributed by atoms with Crippen LogP contribution in [0.1, 0.15) is 53.4 Å². The predicted octanol–water partition coefficient (Wildman–Crippen LogP) is 3.03. The Hall–Kier alpha value is -1.08. The topological polar surface area (TPSA) is 68.3 Å². The number of aromatic nitrogens is 1. The van der Waals surface area contributed by atoms with E-state index in [2.05, 4.69) is 10.3 Å². The summed E-state index contributed by atoms with van der Waals surface area (Å²) in [5.74, 6) is -0.00824. The largest absolute Gasteiger partial charge is 0.465 e. The number of carbonyl (C=O) groups excluding carboxylic acids is 2. The third kappa shape index (κ3) is 2.68. The first-order valence-corrected chi connectivity index (χ1v) is 9.09. The van der Waals surface area contributed by atoms with Gasteiger partial charge in [0.25, 0.3) is 0 Å². The maximum atomic E-state index is 12.4. The number of amides is 1. The van der Waals surface area contributed by atoms with Gasteiger partial charge in [0.15, 0.2) is 5.13 Å². The molecule has 2 aliphatic rings. The summed E-state index contributed by atoms with van der Waals surface area (Å²) in [6.07, 6.45) is 6.98.